The quantitative estimate of drug-likeness (QED) is 0.871. The number of aromatic nitrogens is 1. The topological polar surface area (TPSA) is 55.6 Å². The fraction of sp³-hybridized carbons (Fsp3) is 0.444. The highest BCUT2D eigenvalue weighted by Gasteiger charge is 2.51. The van der Waals surface area contributed by atoms with Gasteiger partial charge in [-0.15, -0.1) is 0 Å². The highest BCUT2D eigenvalue weighted by Crippen LogP contribution is 2.49. The molecule has 2 aliphatic rings. The van der Waals surface area contributed by atoms with Crippen LogP contribution in [0.15, 0.2) is 47.5 Å². The molecule has 2 fully saturated rings. The summed E-state index contributed by atoms with van der Waals surface area (Å²) in [6.45, 7) is 2.24. The van der Waals surface area contributed by atoms with Gasteiger partial charge in [-0.2, -0.15) is 0 Å². The van der Waals surface area contributed by atoms with Crippen molar-refractivity contribution in [2.45, 2.75) is 19.3 Å². The van der Waals surface area contributed by atoms with Crippen LogP contribution in [0.1, 0.15) is 29.6 Å². The maximum Gasteiger partial charge on any atom is 0.257 e. The Morgan fingerprint density at radius 3 is 3.22 bits per heavy atom. The first-order chi connectivity index (χ1) is 11.3. The first kappa shape index (κ1) is 14.3. The van der Waals surface area contributed by atoms with Crippen LogP contribution in [-0.2, 0) is 0 Å². The van der Waals surface area contributed by atoms with Gasteiger partial charge in [-0.25, -0.2) is 0 Å². The number of carbonyl (C=O) groups is 1. The first-order valence-electron chi connectivity index (χ1n) is 8.11. The Kier molecular flexibility index (Phi) is 3.56. The second-order valence-electron chi connectivity index (χ2n) is 6.63. The average Bonchev–Trinajstić information content (AvgIpc) is 3.29. The number of nitrogens with zero attached hydrogens (tertiary/aromatic N) is 2. The van der Waals surface area contributed by atoms with Crippen molar-refractivity contribution in [3.63, 3.8) is 0 Å². The SMILES string of the molecule is O=C(c1ccoc1)N1C[C@@H]2CCC[C@]2(COc2cccnc2)C1. The molecular formula is C18H20N2O3. The van der Waals surface area contributed by atoms with Gasteiger partial charge in [-0.3, -0.25) is 9.78 Å². The van der Waals surface area contributed by atoms with E-state index < -0.39 is 0 Å². The molecule has 0 unspecified atom stereocenters. The average molecular weight is 312 g/mol. The van der Waals surface area contributed by atoms with Crippen LogP contribution in [-0.4, -0.2) is 35.5 Å². The molecule has 2 atom stereocenters. The summed E-state index contributed by atoms with van der Waals surface area (Å²) >= 11 is 0. The Morgan fingerprint density at radius 2 is 2.43 bits per heavy atom. The minimum atomic E-state index is 0.0638. The summed E-state index contributed by atoms with van der Waals surface area (Å²) in [4.78, 5) is 18.6. The number of hydrogen-bond acceptors (Lipinski definition) is 4. The molecule has 5 heteroatoms. The molecule has 0 aromatic carbocycles. The van der Waals surface area contributed by atoms with Crippen molar-refractivity contribution < 1.29 is 13.9 Å². The summed E-state index contributed by atoms with van der Waals surface area (Å²) in [5, 5.41) is 0. The summed E-state index contributed by atoms with van der Waals surface area (Å²) in [6, 6.07) is 5.54. The van der Waals surface area contributed by atoms with E-state index in [-0.39, 0.29) is 11.3 Å². The van der Waals surface area contributed by atoms with Crippen LogP contribution in [0.2, 0.25) is 0 Å². The number of furan rings is 1. The predicted octanol–water partition coefficient (Wildman–Crippen LogP) is 3.00. The summed E-state index contributed by atoms with van der Waals surface area (Å²) < 4.78 is 11.0. The molecule has 0 spiro atoms. The van der Waals surface area contributed by atoms with E-state index in [1.807, 2.05) is 17.0 Å². The summed E-state index contributed by atoms with van der Waals surface area (Å²) in [5.74, 6) is 1.39. The second kappa shape index (κ2) is 5.72. The highest BCUT2D eigenvalue weighted by atomic mass is 16.5. The lowest BCUT2D eigenvalue weighted by Gasteiger charge is -2.28. The van der Waals surface area contributed by atoms with Gasteiger partial charge >= 0.3 is 0 Å². The molecule has 1 aliphatic carbocycles. The molecule has 0 N–H and O–H groups in total. The number of amides is 1. The second-order valence-corrected chi connectivity index (χ2v) is 6.63. The van der Waals surface area contributed by atoms with Crippen molar-refractivity contribution in [3.8, 4) is 5.75 Å². The van der Waals surface area contributed by atoms with E-state index in [2.05, 4.69) is 4.98 Å². The first-order valence-corrected chi connectivity index (χ1v) is 8.11. The van der Waals surface area contributed by atoms with Crippen LogP contribution in [0.5, 0.6) is 5.75 Å². The summed E-state index contributed by atoms with van der Waals surface area (Å²) in [7, 11) is 0. The molecule has 1 saturated heterocycles. The Bertz CT molecular complexity index is 671. The van der Waals surface area contributed by atoms with Gasteiger partial charge in [0.1, 0.15) is 12.0 Å². The third-order valence-electron chi connectivity index (χ3n) is 5.26. The Labute approximate surface area is 135 Å². The molecule has 120 valence electrons. The van der Waals surface area contributed by atoms with Gasteiger partial charge in [-0.1, -0.05) is 6.42 Å². The molecule has 1 saturated carbocycles. The lowest BCUT2D eigenvalue weighted by Crippen LogP contribution is -2.35. The number of ether oxygens (including phenoxy) is 1. The molecule has 3 heterocycles. The van der Waals surface area contributed by atoms with Crippen molar-refractivity contribution in [1.82, 2.24) is 9.88 Å². The third kappa shape index (κ3) is 2.60. The summed E-state index contributed by atoms with van der Waals surface area (Å²) in [5.41, 5.74) is 0.711. The van der Waals surface area contributed by atoms with Crippen molar-refractivity contribution in [1.29, 1.82) is 0 Å². The van der Waals surface area contributed by atoms with E-state index in [1.165, 1.54) is 19.1 Å². The van der Waals surface area contributed by atoms with Crippen LogP contribution < -0.4 is 4.74 Å². The Morgan fingerprint density at radius 1 is 1.48 bits per heavy atom. The van der Waals surface area contributed by atoms with Crippen LogP contribution >= 0.6 is 0 Å². The normalized spacial score (nSPS) is 26.3. The summed E-state index contributed by atoms with van der Waals surface area (Å²) in [6.07, 6.45) is 10.1. The highest BCUT2D eigenvalue weighted by molar-refractivity contribution is 5.94. The lowest BCUT2D eigenvalue weighted by atomic mass is 9.81. The van der Waals surface area contributed by atoms with Gasteiger partial charge in [0.25, 0.3) is 5.91 Å². The fourth-order valence-electron chi connectivity index (χ4n) is 4.03. The maximum atomic E-state index is 12.6. The molecule has 1 aliphatic heterocycles. The van der Waals surface area contributed by atoms with Crippen LogP contribution in [0.25, 0.3) is 0 Å². The van der Waals surface area contributed by atoms with Gasteiger partial charge in [0.15, 0.2) is 0 Å². The Hall–Kier alpha value is -2.30. The maximum absolute atomic E-state index is 12.6. The van der Waals surface area contributed by atoms with Gasteiger partial charge in [0, 0.05) is 24.7 Å². The molecule has 0 radical (unpaired) electrons. The molecule has 2 aromatic heterocycles. The van der Waals surface area contributed by atoms with Crippen LogP contribution in [0.3, 0.4) is 0 Å². The van der Waals surface area contributed by atoms with E-state index in [1.54, 1.807) is 24.7 Å². The van der Waals surface area contributed by atoms with Crippen molar-refractivity contribution in [2.75, 3.05) is 19.7 Å². The van der Waals surface area contributed by atoms with Gasteiger partial charge in [0.05, 0.1) is 24.6 Å². The minimum Gasteiger partial charge on any atom is -0.491 e. The lowest BCUT2D eigenvalue weighted by molar-refractivity contribution is 0.0745. The van der Waals surface area contributed by atoms with E-state index in [9.17, 15) is 4.79 Å². The number of fused-ring (bicyclic) bond motifs is 1. The molecule has 2 aromatic rings. The standard InChI is InChI=1S/C18H20N2O3/c21-17(14-5-8-22-11-14)20-10-15-3-1-6-18(15,12-20)13-23-16-4-2-7-19-9-16/h2,4-5,7-9,11,15H,1,3,6,10,12-13H2/t15-,18+/m0/s1. The zero-order chi connectivity index (χ0) is 15.7. The van der Waals surface area contributed by atoms with Crippen LogP contribution in [0.4, 0.5) is 0 Å². The van der Waals surface area contributed by atoms with Gasteiger partial charge in [0.2, 0.25) is 0 Å². The molecule has 1 amide bonds. The largest absolute Gasteiger partial charge is 0.491 e. The third-order valence-corrected chi connectivity index (χ3v) is 5.26. The van der Waals surface area contributed by atoms with Crippen molar-refractivity contribution in [2.24, 2.45) is 11.3 Å². The number of hydrogen-bond donors (Lipinski definition) is 0. The monoisotopic (exact) mass is 312 g/mol. The molecular weight excluding hydrogens is 292 g/mol. The number of rotatable bonds is 4. The van der Waals surface area contributed by atoms with E-state index in [0.717, 1.165) is 25.3 Å². The Balaban J connectivity index is 1.47. The number of carbonyl (C=O) groups excluding carboxylic acids is 1. The predicted molar refractivity (Wildman–Crippen MR) is 84.1 cm³/mol. The molecule has 23 heavy (non-hydrogen) atoms. The smallest absolute Gasteiger partial charge is 0.257 e. The zero-order valence-electron chi connectivity index (χ0n) is 13.0. The molecule has 5 nitrogen and oxygen atoms in total. The number of pyridine rings is 1. The van der Waals surface area contributed by atoms with Gasteiger partial charge < -0.3 is 14.1 Å². The minimum absolute atomic E-state index is 0.0638. The van der Waals surface area contributed by atoms with Crippen molar-refractivity contribution >= 4 is 5.91 Å². The van der Waals surface area contributed by atoms with E-state index in [4.69, 9.17) is 9.15 Å². The fourth-order valence-corrected chi connectivity index (χ4v) is 4.03. The zero-order valence-corrected chi connectivity index (χ0v) is 13.0. The van der Waals surface area contributed by atoms with E-state index >= 15 is 0 Å². The van der Waals surface area contributed by atoms with E-state index in [0.29, 0.717) is 18.1 Å². The molecule has 0 bridgehead atoms. The van der Waals surface area contributed by atoms with Crippen molar-refractivity contribution in [3.05, 3.63) is 48.7 Å². The number of likely N-dealkylation sites (tertiary alicyclic amines) is 1. The molecule has 4 rings (SSSR count). The van der Waals surface area contributed by atoms with Gasteiger partial charge in [-0.05, 0) is 37.0 Å². The van der Waals surface area contributed by atoms with Crippen LogP contribution in [0, 0.1) is 11.3 Å².